The van der Waals surface area contributed by atoms with E-state index in [2.05, 4.69) is 17.2 Å². The fraction of sp³-hybridized carbons (Fsp3) is 0.476. The van der Waals surface area contributed by atoms with Gasteiger partial charge in [0.25, 0.3) is 5.91 Å². The summed E-state index contributed by atoms with van der Waals surface area (Å²) < 4.78 is 5.89. The summed E-state index contributed by atoms with van der Waals surface area (Å²) in [6.45, 7) is 8.60. The monoisotopic (exact) mass is 401 g/mol. The smallest absolute Gasteiger partial charge is 0.268 e. The molecule has 2 heterocycles. The minimum absolute atomic E-state index is 0.00602. The minimum atomic E-state index is -0.565. The molecule has 0 bridgehead atoms. The first kappa shape index (κ1) is 20.3. The van der Waals surface area contributed by atoms with Crippen molar-refractivity contribution in [3.8, 4) is 17.0 Å². The van der Waals surface area contributed by atoms with Gasteiger partial charge in [-0.3, -0.25) is 14.5 Å². The molecule has 1 unspecified atom stereocenters. The van der Waals surface area contributed by atoms with Gasteiger partial charge >= 0.3 is 0 Å². The number of amides is 2. The second-order valence-corrected chi connectivity index (χ2v) is 8.37. The number of carbonyl (C=O) groups is 2. The third-order valence-electron chi connectivity index (χ3n) is 4.76. The molecular formula is C21H27N3O3S. The lowest BCUT2D eigenvalue weighted by Crippen LogP contribution is -2.49. The minimum Gasteiger partial charge on any atom is -0.478 e. The molecule has 150 valence electrons. The number of unbranched alkanes of at least 4 members (excludes halogenated alkanes) is 1. The number of thiazole rings is 1. The summed E-state index contributed by atoms with van der Waals surface area (Å²) in [6, 6.07) is 5.73. The number of carbonyl (C=O) groups excluding carboxylic acids is 2. The Morgan fingerprint density at radius 3 is 2.75 bits per heavy atom. The van der Waals surface area contributed by atoms with Crippen LogP contribution in [0.3, 0.4) is 0 Å². The largest absolute Gasteiger partial charge is 0.478 e. The Hall–Kier alpha value is -2.41. The predicted octanol–water partition coefficient (Wildman–Crippen LogP) is 3.85. The molecule has 3 rings (SSSR count). The van der Waals surface area contributed by atoms with Crippen molar-refractivity contribution in [2.24, 2.45) is 0 Å². The van der Waals surface area contributed by atoms with Crippen LogP contribution < -0.4 is 15.0 Å². The van der Waals surface area contributed by atoms with Gasteiger partial charge in [0.05, 0.1) is 16.4 Å². The molecule has 1 aromatic heterocycles. The lowest BCUT2D eigenvalue weighted by Gasteiger charge is -2.34. The van der Waals surface area contributed by atoms with E-state index in [9.17, 15) is 9.59 Å². The molecule has 1 N–H and O–H groups in total. The summed E-state index contributed by atoms with van der Waals surface area (Å²) in [5.74, 6) is 0.292. The van der Waals surface area contributed by atoms with Gasteiger partial charge in [-0.15, -0.1) is 11.3 Å². The molecule has 0 radical (unpaired) electrons. The van der Waals surface area contributed by atoms with Crippen LogP contribution in [-0.4, -0.2) is 36.0 Å². The van der Waals surface area contributed by atoms with Crippen LogP contribution in [0.5, 0.6) is 5.75 Å². The molecule has 0 aliphatic carbocycles. The summed E-state index contributed by atoms with van der Waals surface area (Å²) >= 11 is 1.64. The van der Waals surface area contributed by atoms with Crippen molar-refractivity contribution in [3.63, 3.8) is 0 Å². The van der Waals surface area contributed by atoms with Crippen LogP contribution in [0.15, 0.2) is 18.2 Å². The lowest BCUT2D eigenvalue weighted by molar-refractivity contribution is -0.129. The van der Waals surface area contributed by atoms with Crippen molar-refractivity contribution < 1.29 is 14.3 Å². The Balaban J connectivity index is 1.93. The zero-order chi connectivity index (χ0) is 20.3. The fourth-order valence-corrected chi connectivity index (χ4v) is 4.13. The highest BCUT2D eigenvalue weighted by Crippen LogP contribution is 2.39. The summed E-state index contributed by atoms with van der Waals surface area (Å²) in [5, 5.41) is 3.89. The lowest BCUT2D eigenvalue weighted by atomic mass is 10.1. The fourth-order valence-electron chi connectivity index (χ4n) is 3.29. The molecule has 1 aliphatic heterocycles. The first-order valence-corrected chi connectivity index (χ1v) is 10.6. The molecule has 2 amide bonds. The van der Waals surface area contributed by atoms with E-state index in [1.165, 1.54) is 0 Å². The molecule has 0 fully saturated rings. The quantitative estimate of drug-likeness (QED) is 0.716. The standard InChI is InChI=1S/C21H27N3O3S/c1-5-7-10-22-19(25)12-24-16-11-15(20-13(3)28-14(4)23-20)8-9-18(16)27-17(6-2)21(24)26/h8-9,11,17H,5-7,10,12H2,1-4H3,(H,22,25). The second kappa shape index (κ2) is 8.73. The van der Waals surface area contributed by atoms with E-state index < -0.39 is 6.10 Å². The Bertz CT molecular complexity index is 878. The molecule has 7 heteroatoms. The maximum absolute atomic E-state index is 12.9. The van der Waals surface area contributed by atoms with Crippen molar-refractivity contribution in [1.29, 1.82) is 0 Å². The van der Waals surface area contributed by atoms with E-state index >= 15 is 0 Å². The molecule has 28 heavy (non-hydrogen) atoms. The number of benzene rings is 1. The van der Waals surface area contributed by atoms with Gasteiger partial charge in [-0.2, -0.15) is 0 Å². The van der Waals surface area contributed by atoms with Crippen LogP contribution in [0.1, 0.15) is 43.0 Å². The SMILES string of the molecule is CCCCNC(=O)CN1C(=O)C(CC)Oc2ccc(-c3nc(C)sc3C)cc21. The number of nitrogens with one attached hydrogen (secondary N) is 1. The highest BCUT2D eigenvalue weighted by molar-refractivity contribution is 7.11. The van der Waals surface area contributed by atoms with Crippen molar-refractivity contribution in [2.45, 2.75) is 53.1 Å². The molecule has 6 nitrogen and oxygen atoms in total. The van der Waals surface area contributed by atoms with E-state index in [1.807, 2.05) is 39.0 Å². The van der Waals surface area contributed by atoms with Gasteiger partial charge in [0.2, 0.25) is 5.91 Å². The maximum Gasteiger partial charge on any atom is 0.268 e. The number of anilines is 1. The average molecular weight is 402 g/mol. The van der Waals surface area contributed by atoms with Gasteiger partial charge in [0.15, 0.2) is 6.10 Å². The summed E-state index contributed by atoms with van der Waals surface area (Å²) in [7, 11) is 0. The Morgan fingerprint density at radius 2 is 2.11 bits per heavy atom. The van der Waals surface area contributed by atoms with Crippen LogP contribution in [0.25, 0.3) is 11.3 Å². The number of rotatable bonds is 7. The van der Waals surface area contributed by atoms with Gasteiger partial charge in [-0.05, 0) is 44.9 Å². The Labute approximate surface area is 169 Å². The third-order valence-corrected chi connectivity index (χ3v) is 5.65. The molecule has 0 saturated heterocycles. The van der Waals surface area contributed by atoms with Crippen LogP contribution >= 0.6 is 11.3 Å². The molecule has 1 atom stereocenters. The maximum atomic E-state index is 12.9. The summed E-state index contributed by atoms with van der Waals surface area (Å²) in [6.07, 6.45) is 1.92. The van der Waals surface area contributed by atoms with Gasteiger partial charge in [0.1, 0.15) is 12.3 Å². The number of aromatic nitrogens is 1. The third kappa shape index (κ3) is 4.19. The van der Waals surface area contributed by atoms with E-state index in [4.69, 9.17) is 4.74 Å². The summed E-state index contributed by atoms with van der Waals surface area (Å²) in [5.41, 5.74) is 2.45. The summed E-state index contributed by atoms with van der Waals surface area (Å²) in [4.78, 5) is 32.6. The highest BCUT2D eigenvalue weighted by Gasteiger charge is 2.34. The van der Waals surface area contributed by atoms with Crippen LogP contribution in [0, 0.1) is 13.8 Å². The van der Waals surface area contributed by atoms with Crippen molar-refractivity contribution in [1.82, 2.24) is 10.3 Å². The first-order chi connectivity index (χ1) is 13.4. The number of aryl methyl sites for hydroxylation is 2. The Morgan fingerprint density at radius 1 is 1.32 bits per heavy atom. The van der Waals surface area contributed by atoms with Gasteiger partial charge in [0, 0.05) is 17.0 Å². The van der Waals surface area contributed by atoms with Gasteiger partial charge < -0.3 is 10.1 Å². The average Bonchev–Trinajstić information content (AvgIpc) is 3.01. The van der Waals surface area contributed by atoms with Crippen molar-refractivity contribution in [3.05, 3.63) is 28.1 Å². The first-order valence-electron chi connectivity index (χ1n) is 9.77. The van der Waals surface area contributed by atoms with E-state index in [1.54, 1.807) is 16.2 Å². The molecular weight excluding hydrogens is 374 g/mol. The van der Waals surface area contributed by atoms with E-state index in [0.717, 1.165) is 34.0 Å². The number of hydrogen-bond acceptors (Lipinski definition) is 5. The van der Waals surface area contributed by atoms with Gasteiger partial charge in [-0.1, -0.05) is 20.3 Å². The zero-order valence-corrected chi connectivity index (χ0v) is 17.7. The van der Waals surface area contributed by atoms with Crippen molar-refractivity contribution >= 4 is 28.8 Å². The number of hydrogen-bond donors (Lipinski definition) is 1. The van der Waals surface area contributed by atoms with Gasteiger partial charge in [-0.25, -0.2) is 4.98 Å². The molecule has 0 spiro atoms. The number of ether oxygens (including phenoxy) is 1. The Kier molecular flexibility index (Phi) is 6.34. The van der Waals surface area contributed by atoms with Crippen molar-refractivity contribution in [2.75, 3.05) is 18.0 Å². The predicted molar refractivity (Wildman–Crippen MR) is 112 cm³/mol. The molecule has 1 aliphatic rings. The van der Waals surface area contributed by atoms with E-state index in [0.29, 0.717) is 24.4 Å². The molecule has 0 saturated carbocycles. The van der Waals surface area contributed by atoms with E-state index in [-0.39, 0.29) is 18.4 Å². The highest BCUT2D eigenvalue weighted by atomic mass is 32.1. The molecule has 1 aromatic carbocycles. The van der Waals surface area contributed by atoms with Crippen LogP contribution in [0.4, 0.5) is 5.69 Å². The number of nitrogens with zero attached hydrogens (tertiary/aromatic N) is 2. The second-order valence-electron chi connectivity index (χ2n) is 6.96. The van der Waals surface area contributed by atoms with Crippen LogP contribution in [0.2, 0.25) is 0 Å². The normalized spacial score (nSPS) is 15.9. The van der Waals surface area contributed by atoms with Crippen LogP contribution in [-0.2, 0) is 9.59 Å². The number of fused-ring (bicyclic) bond motifs is 1. The zero-order valence-electron chi connectivity index (χ0n) is 16.9. The molecule has 2 aromatic rings. The topological polar surface area (TPSA) is 71.5 Å².